The van der Waals surface area contributed by atoms with Crippen LogP contribution in [0.5, 0.6) is 0 Å². The van der Waals surface area contributed by atoms with E-state index in [1.165, 1.54) is 6.07 Å². The van der Waals surface area contributed by atoms with Crippen molar-refractivity contribution in [1.82, 2.24) is 4.98 Å². The number of nitrogens with one attached hydrogen (secondary N) is 1. The molecule has 2 N–H and O–H groups in total. The molecule has 3 rings (SSSR count). The van der Waals surface area contributed by atoms with Crippen LogP contribution in [-0.2, 0) is 0 Å². The van der Waals surface area contributed by atoms with Crippen molar-refractivity contribution < 1.29 is 23.1 Å². The van der Waals surface area contributed by atoms with Crippen molar-refractivity contribution in [3.05, 3.63) is 75.5 Å². The van der Waals surface area contributed by atoms with Gasteiger partial charge in [0.15, 0.2) is 17.5 Å². The Bertz CT molecular complexity index is 997. The van der Waals surface area contributed by atoms with Gasteiger partial charge in [-0.25, -0.2) is 13.2 Å². The monoisotopic (exact) mass is 546 g/mol. The lowest BCUT2D eigenvalue weighted by atomic mass is 10.1. The molecule has 0 saturated heterocycles. The van der Waals surface area contributed by atoms with Gasteiger partial charge in [-0.3, -0.25) is 9.78 Å². The van der Waals surface area contributed by atoms with Crippen LogP contribution in [0.25, 0.3) is 0 Å². The number of aromatic nitrogens is 1. The van der Waals surface area contributed by atoms with Crippen molar-refractivity contribution in [3.63, 3.8) is 0 Å². The SMILES string of the molecule is CCC(CC(C)C)Sc1cc(C(=O)Nc2cc(F)c(F)c(F)c2)ccc1Cl.CCO.c1cscn1. The molecule has 1 heterocycles. The van der Waals surface area contributed by atoms with E-state index in [4.69, 9.17) is 16.7 Å². The topological polar surface area (TPSA) is 62.2 Å². The Labute approximate surface area is 217 Å². The summed E-state index contributed by atoms with van der Waals surface area (Å²) in [6.45, 7) is 8.33. The molecule has 0 saturated carbocycles. The van der Waals surface area contributed by atoms with Gasteiger partial charge in [-0.05, 0) is 43.9 Å². The highest BCUT2D eigenvalue weighted by atomic mass is 35.5. The smallest absolute Gasteiger partial charge is 0.255 e. The fourth-order valence-electron chi connectivity index (χ4n) is 2.75. The number of hydrogen-bond donors (Lipinski definition) is 2. The zero-order valence-corrected chi connectivity index (χ0v) is 22.4. The molecule has 3 aromatic rings. The van der Waals surface area contributed by atoms with Gasteiger partial charge < -0.3 is 10.4 Å². The van der Waals surface area contributed by atoms with E-state index in [-0.39, 0.29) is 12.3 Å². The van der Waals surface area contributed by atoms with Crippen molar-refractivity contribution in [3.8, 4) is 0 Å². The highest BCUT2D eigenvalue weighted by Crippen LogP contribution is 2.35. The minimum atomic E-state index is -1.58. The van der Waals surface area contributed by atoms with Crippen LogP contribution in [0.3, 0.4) is 0 Å². The lowest BCUT2D eigenvalue weighted by Gasteiger charge is -2.18. The summed E-state index contributed by atoms with van der Waals surface area (Å²) in [6, 6.07) is 6.27. The Morgan fingerprint density at radius 2 is 1.80 bits per heavy atom. The summed E-state index contributed by atoms with van der Waals surface area (Å²) < 4.78 is 39.7. The van der Waals surface area contributed by atoms with Crippen LogP contribution < -0.4 is 5.32 Å². The Morgan fingerprint density at radius 3 is 2.26 bits per heavy atom. The van der Waals surface area contributed by atoms with Crippen molar-refractivity contribution in [2.24, 2.45) is 5.92 Å². The minimum absolute atomic E-state index is 0.160. The van der Waals surface area contributed by atoms with Gasteiger partial charge in [-0.15, -0.1) is 23.1 Å². The van der Waals surface area contributed by atoms with Gasteiger partial charge in [0.05, 0.1) is 10.5 Å². The highest BCUT2D eigenvalue weighted by Gasteiger charge is 2.16. The van der Waals surface area contributed by atoms with E-state index >= 15 is 0 Å². The number of halogens is 4. The van der Waals surface area contributed by atoms with Crippen molar-refractivity contribution in [2.75, 3.05) is 11.9 Å². The maximum atomic E-state index is 13.3. The van der Waals surface area contributed by atoms with Gasteiger partial charge in [0, 0.05) is 51.7 Å². The average Bonchev–Trinajstić information content (AvgIpc) is 3.39. The van der Waals surface area contributed by atoms with Crippen LogP contribution in [0.1, 0.15) is 50.9 Å². The summed E-state index contributed by atoms with van der Waals surface area (Å²) in [5.41, 5.74) is 1.93. The molecule has 10 heteroatoms. The van der Waals surface area contributed by atoms with Crippen LogP contribution in [0.4, 0.5) is 18.9 Å². The Balaban J connectivity index is 0.000000653. The second kappa shape index (κ2) is 16.6. The molecule has 0 fully saturated rings. The molecule has 35 heavy (non-hydrogen) atoms. The van der Waals surface area contributed by atoms with E-state index in [0.29, 0.717) is 21.8 Å². The summed E-state index contributed by atoms with van der Waals surface area (Å²) in [5.74, 6) is -4.32. The Hall–Kier alpha value is -2.07. The third kappa shape index (κ3) is 11.5. The molecule has 0 aliphatic heterocycles. The summed E-state index contributed by atoms with van der Waals surface area (Å²) in [5, 5.41) is 12.8. The zero-order chi connectivity index (χ0) is 26.4. The van der Waals surface area contributed by atoms with Gasteiger partial charge in [0.25, 0.3) is 5.91 Å². The molecule has 0 spiro atoms. The third-order valence-electron chi connectivity index (χ3n) is 4.27. The highest BCUT2D eigenvalue weighted by molar-refractivity contribution is 8.00. The predicted molar refractivity (Wildman–Crippen MR) is 140 cm³/mol. The lowest BCUT2D eigenvalue weighted by molar-refractivity contribution is 0.102. The zero-order valence-electron chi connectivity index (χ0n) is 20.0. The number of amides is 1. The molecule has 0 radical (unpaired) electrons. The number of thiazole rings is 1. The molecular weight excluding hydrogens is 517 g/mol. The number of hydrogen-bond acceptors (Lipinski definition) is 5. The second-order valence-electron chi connectivity index (χ2n) is 7.62. The fraction of sp³-hybridized carbons (Fsp3) is 0.360. The van der Waals surface area contributed by atoms with E-state index in [0.717, 1.165) is 29.9 Å². The molecule has 1 atom stereocenters. The van der Waals surface area contributed by atoms with Crippen LogP contribution >= 0.6 is 34.7 Å². The molecule has 2 aromatic carbocycles. The van der Waals surface area contributed by atoms with Crippen molar-refractivity contribution >= 4 is 46.3 Å². The van der Waals surface area contributed by atoms with E-state index in [1.54, 1.807) is 53.9 Å². The van der Waals surface area contributed by atoms with Gasteiger partial charge in [0.1, 0.15) is 0 Å². The van der Waals surface area contributed by atoms with Crippen LogP contribution in [0.2, 0.25) is 5.02 Å². The number of aliphatic hydroxyl groups excluding tert-OH is 1. The van der Waals surface area contributed by atoms with E-state index < -0.39 is 23.4 Å². The van der Waals surface area contributed by atoms with Crippen molar-refractivity contribution in [2.45, 2.75) is 50.7 Å². The number of benzene rings is 2. The summed E-state index contributed by atoms with van der Waals surface area (Å²) in [7, 11) is 0. The van der Waals surface area contributed by atoms with E-state index in [1.807, 2.05) is 5.38 Å². The second-order valence-corrected chi connectivity index (χ2v) is 10.1. The largest absolute Gasteiger partial charge is 0.397 e. The van der Waals surface area contributed by atoms with Crippen LogP contribution in [0, 0.1) is 23.4 Å². The number of carbonyl (C=O) groups excluding carboxylic acids is 1. The van der Waals surface area contributed by atoms with Crippen molar-refractivity contribution in [1.29, 1.82) is 0 Å². The molecular formula is C25H30ClF3N2O2S2. The Morgan fingerprint density at radius 1 is 1.17 bits per heavy atom. The van der Waals surface area contributed by atoms with Crippen LogP contribution in [-0.4, -0.2) is 27.9 Å². The van der Waals surface area contributed by atoms with Gasteiger partial charge in [0.2, 0.25) is 0 Å². The van der Waals surface area contributed by atoms with Gasteiger partial charge in [-0.2, -0.15) is 0 Å². The fourth-order valence-corrected chi connectivity index (χ4v) is 4.73. The molecule has 192 valence electrons. The first-order valence-corrected chi connectivity index (χ1v) is 13.2. The van der Waals surface area contributed by atoms with E-state index in [9.17, 15) is 18.0 Å². The average molecular weight is 547 g/mol. The minimum Gasteiger partial charge on any atom is -0.397 e. The standard InChI is InChI=1S/C20H21ClF3NOS.C3H3NS.C2H6O/c1-4-14(7-11(2)3)27-18-8-12(5-6-15(18)21)20(26)25-13-9-16(22)19(24)17(23)10-13;1-2-5-3-4-1;1-2-3/h5-6,8-11,14H,4,7H2,1-3H3,(H,25,26);1-3H;3H,2H2,1H3. The third-order valence-corrected chi connectivity index (χ3v) is 6.68. The molecule has 0 aliphatic rings. The first kappa shape index (κ1) is 31.0. The number of anilines is 1. The number of carbonyl (C=O) groups is 1. The summed E-state index contributed by atoms with van der Waals surface area (Å²) in [4.78, 5) is 16.9. The molecule has 1 amide bonds. The molecule has 1 aromatic heterocycles. The number of thioether (sulfide) groups is 1. The number of rotatable bonds is 7. The summed E-state index contributed by atoms with van der Waals surface area (Å²) in [6.07, 6.45) is 3.75. The molecule has 0 aliphatic carbocycles. The maximum Gasteiger partial charge on any atom is 0.255 e. The predicted octanol–water partition coefficient (Wildman–Crippen LogP) is 8.07. The quantitative estimate of drug-likeness (QED) is 0.232. The number of aliphatic hydroxyl groups is 1. The van der Waals surface area contributed by atoms with Crippen LogP contribution in [0.15, 0.2) is 52.3 Å². The van der Waals surface area contributed by atoms with Gasteiger partial charge in [-0.1, -0.05) is 32.4 Å². The number of nitrogens with zero attached hydrogens (tertiary/aromatic N) is 1. The van der Waals surface area contributed by atoms with E-state index in [2.05, 4.69) is 31.1 Å². The summed E-state index contributed by atoms with van der Waals surface area (Å²) >= 11 is 9.47. The lowest BCUT2D eigenvalue weighted by Crippen LogP contribution is -2.13. The first-order valence-electron chi connectivity index (χ1n) is 11.0. The molecule has 4 nitrogen and oxygen atoms in total. The molecule has 1 unspecified atom stereocenters. The first-order chi connectivity index (χ1) is 16.6. The Kier molecular flexibility index (Phi) is 14.7. The normalized spacial score (nSPS) is 11.1. The molecule has 0 bridgehead atoms. The van der Waals surface area contributed by atoms with Gasteiger partial charge >= 0.3 is 0 Å². The maximum absolute atomic E-state index is 13.3.